The molecular formula is C19H20F3N4O3+. The highest BCUT2D eigenvalue weighted by molar-refractivity contribution is 5.96. The van der Waals surface area contributed by atoms with Gasteiger partial charge in [0, 0.05) is 11.3 Å². The molecule has 154 valence electrons. The Morgan fingerprint density at radius 3 is 2.21 bits per heavy atom. The molecule has 0 aliphatic carbocycles. The van der Waals surface area contributed by atoms with Gasteiger partial charge in [0.25, 0.3) is 11.8 Å². The highest BCUT2D eigenvalue weighted by atomic mass is 19.2. The molecule has 0 saturated carbocycles. The molecule has 0 spiro atoms. The third-order valence-electron chi connectivity index (χ3n) is 4.32. The normalized spacial score (nSPS) is 12.7. The number of carbonyl (C=O) groups excluding carboxylic acids is 3. The number of likely N-dealkylation sites (N-methyl/N-ethyl adjacent to an activating group) is 1. The second-order valence-electron chi connectivity index (χ2n) is 6.45. The van der Waals surface area contributed by atoms with Gasteiger partial charge in [0.15, 0.2) is 30.0 Å². The van der Waals surface area contributed by atoms with Gasteiger partial charge in [-0.15, -0.1) is 0 Å². The van der Waals surface area contributed by atoms with Crippen molar-refractivity contribution in [3.05, 3.63) is 59.4 Å². The van der Waals surface area contributed by atoms with Crippen molar-refractivity contribution in [3.63, 3.8) is 0 Å². The Morgan fingerprint density at radius 1 is 1.00 bits per heavy atom. The maximum absolute atomic E-state index is 13.6. The fourth-order valence-electron chi connectivity index (χ4n) is 2.42. The molecule has 0 saturated heterocycles. The molecule has 0 radical (unpaired) electrons. The van der Waals surface area contributed by atoms with Crippen LogP contribution in [0.3, 0.4) is 0 Å². The fourth-order valence-corrected chi connectivity index (χ4v) is 2.42. The van der Waals surface area contributed by atoms with E-state index in [0.717, 1.165) is 6.07 Å². The van der Waals surface area contributed by atoms with Crippen LogP contribution in [0.5, 0.6) is 0 Å². The SMILES string of the molecule is C[C@@H](C(=O)Nc1ccc(C(N)=O)cc1)[NH+](C)CC(=O)Nc1ccc(F)c(F)c1F. The molecule has 2 aromatic rings. The number of primary amides is 1. The summed E-state index contributed by atoms with van der Waals surface area (Å²) in [5.41, 5.74) is 5.39. The van der Waals surface area contributed by atoms with Crippen molar-refractivity contribution in [3.8, 4) is 0 Å². The number of halogens is 3. The van der Waals surface area contributed by atoms with Gasteiger partial charge in [0.05, 0.1) is 12.7 Å². The van der Waals surface area contributed by atoms with E-state index in [1.807, 2.05) is 0 Å². The van der Waals surface area contributed by atoms with Crippen LogP contribution in [0.1, 0.15) is 17.3 Å². The molecule has 10 heteroatoms. The van der Waals surface area contributed by atoms with E-state index < -0.39 is 46.9 Å². The van der Waals surface area contributed by atoms with E-state index in [9.17, 15) is 27.6 Å². The lowest BCUT2D eigenvalue weighted by atomic mass is 10.2. The Balaban J connectivity index is 1.94. The van der Waals surface area contributed by atoms with Gasteiger partial charge in [-0.05, 0) is 43.3 Å². The van der Waals surface area contributed by atoms with Crippen LogP contribution in [0.15, 0.2) is 36.4 Å². The largest absolute Gasteiger partial charge is 0.366 e. The quantitative estimate of drug-likeness (QED) is 0.506. The fraction of sp³-hybridized carbons (Fsp3) is 0.211. The molecule has 3 amide bonds. The maximum Gasteiger partial charge on any atom is 0.282 e. The Kier molecular flexibility index (Phi) is 6.94. The summed E-state index contributed by atoms with van der Waals surface area (Å²) in [5.74, 6) is -6.22. The molecule has 2 atom stereocenters. The number of anilines is 2. The molecule has 2 aromatic carbocycles. The van der Waals surface area contributed by atoms with Crippen LogP contribution >= 0.6 is 0 Å². The lowest BCUT2D eigenvalue weighted by molar-refractivity contribution is -0.885. The first kappa shape index (κ1) is 21.9. The van der Waals surface area contributed by atoms with E-state index in [1.54, 1.807) is 14.0 Å². The zero-order valence-corrected chi connectivity index (χ0v) is 15.7. The van der Waals surface area contributed by atoms with Crippen molar-refractivity contribution >= 4 is 29.1 Å². The van der Waals surface area contributed by atoms with Gasteiger partial charge in [0.1, 0.15) is 0 Å². The van der Waals surface area contributed by atoms with Crippen LogP contribution in [-0.2, 0) is 9.59 Å². The molecule has 7 nitrogen and oxygen atoms in total. The second kappa shape index (κ2) is 9.20. The van der Waals surface area contributed by atoms with Gasteiger partial charge < -0.3 is 21.3 Å². The summed E-state index contributed by atoms with van der Waals surface area (Å²) in [7, 11) is 1.57. The summed E-state index contributed by atoms with van der Waals surface area (Å²) in [6, 6.07) is 6.88. The van der Waals surface area contributed by atoms with E-state index in [0.29, 0.717) is 22.2 Å². The standard InChI is InChI=1S/C19H19F3N4O3/c1-10(19(29)24-12-5-3-11(4-6-12)18(23)28)26(2)9-15(27)25-14-8-7-13(20)16(21)17(14)22/h3-8,10H,9H2,1-2H3,(H2,23,28)(H,24,29)(H,25,27)/p+1/t10-/m0/s1. The lowest BCUT2D eigenvalue weighted by Gasteiger charge is -2.20. The molecule has 0 aliphatic rings. The van der Waals surface area contributed by atoms with Crippen LogP contribution in [0, 0.1) is 17.5 Å². The maximum atomic E-state index is 13.6. The minimum absolute atomic E-state index is 0.229. The number of nitrogens with two attached hydrogens (primary N) is 1. The van der Waals surface area contributed by atoms with Crippen molar-refractivity contribution in [2.24, 2.45) is 5.73 Å². The van der Waals surface area contributed by atoms with Crippen LogP contribution in [0.2, 0.25) is 0 Å². The predicted octanol–water partition coefficient (Wildman–Crippen LogP) is 0.683. The van der Waals surface area contributed by atoms with Crippen LogP contribution in [-0.4, -0.2) is 37.4 Å². The minimum atomic E-state index is -1.68. The summed E-state index contributed by atoms with van der Waals surface area (Å²) in [6.45, 7) is 1.35. The first-order valence-electron chi connectivity index (χ1n) is 8.56. The molecular weight excluding hydrogens is 389 g/mol. The smallest absolute Gasteiger partial charge is 0.282 e. The molecule has 0 bridgehead atoms. The third kappa shape index (κ3) is 5.55. The number of quaternary nitrogens is 1. The first-order chi connectivity index (χ1) is 13.6. The van der Waals surface area contributed by atoms with Crippen LogP contribution in [0.25, 0.3) is 0 Å². The number of nitrogens with one attached hydrogen (secondary N) is 3. The Hall–Kier alpha value is -3.40. The zero-order chi connectivity index (χ0) is 21.7. The predicted molar refractivity (Wildman–Crippen MR) is 99.8 cm³/mol. The molecule has 5 N–H and O–H groups in total. The van der Waals surface area contributed by atoms with Crippen LogP contribution in [0.4, 0.5) is 24.5 Å². The van der Waals surface area contributed by atoms with Crippen molar-refractivity contribution in [1.82, 2.24) is 0 Å². The zero-order valence-electron chi connectivity index (χ0n) is 15.7. The van der Waals surface area contributed by atoms with Gasteiger partial charge >= 0.3 is 0 Å². The molecule has 0 fully saturated rings. The van der Waals surface area contributed by atoms with E-state index in [-0.39, 0.29) is 6.54 Å². The molecule has 0 heterocycles. The van der Waals surface area contributed by atoms with Crippen molar-refractivity contribution < 1.29 is 32.5 Å². The number of benzene rings is 2. The Bertz CT molecular complexity index is 935. The molecule has 0 aromatic heterocycles. The summed E-state index contributed by atoms with van der Waals surface area (Å²) in [6.07, 6.45) is 0. The summed E-state index contributed by atoms with van der Waals surface area (Å²) < 4.78 is 39.8. The number of hydrogen-bond acceptors (Lipinski definition) is 3. The molecule has 0 aliphatic heterocycles. The van der Waals surface area contributed by atoms with Gasteiger partial charge in [0.2, 0.25) is 5.91 Å². The van der Waals surface area contributed by atoms with E-state index in [2.05, 4.69) is 10.6 Å². The lowest BCUT2D eigenvalue weighted by Crippen LogP contribution is -3.14. The van der Waals surface area contributed by atoms with Gasteiger partial charge in [-0.3, -0.25) is 14.4 Å². The number of amides is 3. The van der Waals surface area contributed by atoms with Gasteiger partial charge in [-0.1, -0.05) is 0 Å². The molecule has 29 heavy (non-hydrogen) atoms. The number of carbonyl (C=O) groups is 3. The summed E-state index contributed by atoms with van der Waals surface area (Å²) in [4.78, 5) is 35.9. The average molecular weight is 409 g/mol. The van der Waals surface area contributed by atoms with Gasteiger partial charge in [-0.2, -0.15) is 0 Å². The topological polar surface area (TPSA) is 106 Å². The van der Waals surface area contributed by atoms with Gasteiger partial charge in [-0.25, -0.2) is 13.2 Å². The third-order valence-corrected chi connectivity index (χ3v) is 4.32. The number of hydrogen-bond donors (Lipinski definition) is 4. The second-order valence-corrected chi connectivity index (χ2v) is 6.45. The van der Waals surface area contributed by atoms with Crippen LogP contribution < -0.4 is 21.3 Å². The minimum Gasteiger partial charge on any atom is -0.366 e. The summed E-state index contributed by atoms with van der Waals surface area (Å²) >= 11 is 0. The van der Waals surface area contributed by atoms with E-state index in [4.69, 9.17) is 5.73 Å². The molecule has 2 rings (SSSR count). The van der Waals surface area contributed by atoms with E-state index >= 15 is 0 Å². The van der Waals surface area contributed by atoms with Crippen molar-refractivity contribution in [2.75, 3.05) is 24.2 Å². The van der Waals surface area contributed by atoms with Crippen molar-refractivity contribution in [1.29, 1.82) is 0 Å². The summed E-state index contributed by atoms with van der Waals surface area (Å²) in [5, 5.41) is 4.79. The Labute approximate surface area is 164 Å². The van der Waals surface area contributed by atoms with Crippen molar-refractivity contribution in [2.45, 2.75) is 13.0 Å². The Morgan fingerprint density at radius 2 is 1.62 bits per heavy atom. The molecule has 1 unspecified atom stereocenters. The van der Waals surface area contributed by atoms with E-state index in [1.165, 1.54) is 24.3 Å². The number of rotatable bonds is 7. The highest BCUT2D eigenvalue weighted by Gasteiger charge is 2.25. The first-order valence-corrected chi connectivity index (χ1v) is 8.56. The average Bonchev–Trinajstić information content (AvgIpc) is 2.68. The highest BCUT2D eigenvalue weighted by Crippen LogP contribution is 2.19. The monoisotopic (exact) mass is 409 g/mol.